The van der Waals surface area contributed by atoms with Gasteiger partial charge in [0.25, 0.3) is 5.69 Å². The average molecular weight is 393 g/mol. The van der Waals surface area contributed by atoms with E-state index in [0.29, 0.717) is 35.4 Å². The van der Waals surface area contributed by atoms with Gasteiger partial charge in [-0.25, -0.2) is 4.98 Å². The van der Waals surface area contributed by atoms with Crippen LogP contribution in [0.15, 0.2) is 54.7 Å². The van der Waals surface area contributed by atoms with Crippen LogP contribution in [0.3, 0.4) is 0 Å². The molecule has 1 aliphatic rings. The summed E-state index contributed by atoms with van der Waals surface area (Å²) in [5, 5.41) is 12.2. The van der Waals surface area contributed by atoms with Crippen molar-refractivity contribution in [1.82, 2.24) is 4.98 Å². The molecule has 0 aliphatic carbocycles. The van der Waals surface area contributed by atoms with E-state index in [-0.39, 0.29) is 11.8 Å². The van der Waals surface area contributed by atoms with Crippen molar-refractivity contribution in [2.24, 2.45) is 0 Å². The number of fused-ring (bicyclic) bond motifs is 1. The summed E-state index contributed by atoms with van der Waals surface area (Å²) in [5.74, 6) is -0.0627. The van der Waals surface area contributed by atoms with Gasteiger partial charge in [0, 0.05) is 23.4 Å². The van der Waals surface area contributed by atoms with Gasteiger partial charge in [0.1, 0.15) is 18.6 Å². The zero-order chi connectivity index (χ0) is 20.4. The maximum absolute atomic E-state index is 11.5. The predicted molar refractivity (Wildman–Crippen MR) is 107 cm³/mol. The Morgan fingerprint density at radius 2 is 2.07 bits per heavy atom. The second-order valence-electron chi connectivity index (χ2n) is 7.30. The lowest BCUT2D eigenvalue weighted by molar-refractivity contribution is -0.385. The minimum atomic E-state index is -0.711. The van der Waals surface area contributed by atoms with Crippen molar-refractivity contribution >= 4 is 16.6 Å². The number of aromatic nitrogens is 1. The summed E-state index contributed by atoms with van der Waals surface area (Å²) in [6.45, 7) is 4.40. The van der Waals surface area contributed by atoms with Crippen molar-refractivity contribution in [2.45, 2.75) is 32.3 Å². The highest BCUT2D eigenvalue weighted by molar-refractivity contribution is 5.87. The molecule has 149 valence electrons. The van der Waals surface area contributed by atoms with Crippen LogP contribution in [0.25, 0.3) is 10.9 Å². The first-order valence-corrected chi connectivity index (χ1v) is 9.32. The van der Waals surface area contributed by atoms with Crippen molar-refractivity contribution < 1.29 is 19.1 Å². The fourth-order valence-corrected chi connectivity index (χ4v) is 3.32. The molecule has 2 heterocycles. The Labute approximate surface area is 168 Å². The van der Waals surface area contributed by atoms with Crippen LogP contribution in [0.2, 0.25) is 0 Å². The number of rotatable bonds is 6. The molecule has 0 amide bonds. The summed E-state index contributed by atoms with van der Waals surface area (Å²) in [7, 11) is 0. The Hall–Kier alpha value is -3.03. The molecule has 0 bridgehead atoms. The van der Waals surface area contributed by atoms with Crippen LogP contribution >= 0.6 is 0 Å². The fraction of sp³-hybridized carbons (Fsp3) is 0.273. The molecule has 3 aromatic rings. The van der Waals surface area contributed by atoms with Gasteiger partial charge >= 0.3 is 0 Å². The molecule has 0 N–H and O–H groups in total. The molecule has 1 radical (unpaired) electrons. The van der Waals surface area contributed by atoms with Crippen molar-refractivity contribution in [3.05, 3.63) is 82.4 Å². The molecular weight excluding hydrogens is 372 g/mol. The van der Waals surface area contributed by atoms with E-state index in [9.17, 15) is 10.1 Å². The van der Waals surface area contributed by atoms with Gasteiger partial charge in [0.05, 0.1) is 23.2 Å². The highest BCUT2D eigenvalue weighted by atomic mass is 16.7. The molecule has 0 saturated carbocycles. The van der Waals surface area contributed by atoms with Crippen LogP contribution in [0, 0.1) is 16.5 Å². The van der Waals surface area contributed by atoms with E-state index < -0.39 is 10.7 Å². The molecule has 1 atom stereocenters. The number of pyridine rings is 1. The van der Waals surface area contributed by atoms with Crippen molar-refractivity contribution in [3.63, 3.8) is 0 Å². The van der Waals surface area contributed by atoms with E-state index in [1.165, 1.54) is 6.20 Å². The molecule has 1 aliphatic heterocycles. The van der Waals surface area contributed by atoms with Crippen LogP contribution in [0.5, 0.6) is 5.75 Å². The molecule has 1 fully saturated rings. The number of nitrogens with zero attached hydrogens (tertiary/aromatic N) is 2. The van der Waals surface area contributed by atoms with Gasteiger partial charge in [-0.2, -0.15) is 0 Å². The monoisotopic (exact) mass is 393 g/mol. The topological polar surface area (TPSA) is 83.7 Å². The highest BCUT2D eigenvalue weighted by Crippen LogP contribution is 2.34. The third kappa shape index (κ3) is 4.36. The van der Waals surface area contributed by atoms with Crippen LogP contribution in [-0.2, 0) is 16.1 Å². The first-order chi connectivity index (χ1) is 13.9. The van der Waals surface area contributed by atoms with Crippen molar-refractivity contribution in [3.8, 4) is 5.75 Å². The SMILES string of the molecule is CC1(C)OCC([CH]c2c([N+](=O)[O-])cnc3cc(OCc4ccccc4)ccc23)O1. The highest BCUT2D eigenvalue weighted by Gasteiger charge is 2.34. The zero-order valence-electron chi connectivity index (χ0n) is 16.2. The van der Waals surface area contributed by atoms with E-state index in [2.05, 4.69) is 4.98 Å². The Morgan fingerprint density at radius 3 is 2.76 bits per heavy atom. The summed E-state index contributed by atoms with van der Waals surface area (Å²) in [6.07, 6.45) is 2.64. The van der Waals surface area contributed by atoms with E-state index in [1.807, 2.05) is 44.2 Å². The standard InChI is InChI=1S/C22H21N2O5/c1-22(2)28-14-17(29-22)10-19-18-9-8-16(27-13-15-6-4-3-5-7-15)11-20(18)23-12-21(19)24(25)26/h3-12,17H,13-14H2,1-2H3. The van der Waals surface area contributed by atoms with Crippen LogP contribution < -0.4 is 4.74 Å². The molecule has 1 saturated heterocycles. The summed E-state index contributed by atoms with van der Waals surface area (Å²) >= 11 is 0. The largest absolute Gasteiger partial charge is 0.489 e. The molecule has 1 unspecified atom stereocenters. The lowest BCUT2D eigenvalue weighted by atomic mass is 10.0. The molecular formula is C22H21N2O5. The molecule has 7 heteroatoms. The van der Waals surface area contributed by atoms with Crippen LogP contribution in [0.1, 0.15) is 25.0 Å². The van der Waals surface area contributed by atoms with Crippen LogP contribution in [0.4, 0.5) is 5.69 Å². The Morgan fingerprint density at radius 1 is 1.28 bits per heavy atom. The van der Waals surface area contributed by atoms with Crippen LogP contribution in [-0.4, -0.2) is 28.4 Å². The second kappa shape index (κ2) is 7.77. The fourth-order valence-electron chi connectivity index (χ4n) is 3.32. The van der Waals surface area contributed by atoms with E-state index in [1.54, 1.807) is 24.6 Å². The van der Waals surface area contributed by atoms with Gasteiger partial charge in [-0.1, -0.05) is 30.3 Å². The number of hydrogen-bond donors (Lipinski definition) is 0. The molecule has 7 nitrogen and oxygen atoms in total. The van der Waals surface area contributed by atoms with Gasteiger partial charge in [-0.05, 0) is 31.5 Å². The maximum Gasteiger partial charge on any atom is 0.291 e. The number of benzene rings is 2. The molecule has 2 aromatic carbocycles. The molecule has 1 aromatic heterocycles. The third-order valence-corrected chi connectivity index (χ3v) is 4.69. The summed E-state index contributed by atoms with van der Waals surface area (Å²) in [4.78, 5) is 15.4. The number of ether oxygens (including phenoxy) is 3. The van der Waals surface area contributed by atoms with E-state index in [0.717, 1.165) is 5.56 Å². The van der Waals surface area contributed by atoms with Gasteiger partial charge in [0.2, 0.25) is 0 Å². The quantitative estimate of drug-likeness (QED) is 0.455. The van der Waals surface area contributed by atoms with Crippen molar-refractivity contribution in [2.75, 3.05) is 6.61 Å². The third-order valence-electron chi connectivity index (χ3n) is 4.69. The zero-order valence-corrected chi connectivity index (χ0v) is 16.2. The maximum atomic E-state index is 11.5. The summed E-state index contributed by atoms with van der Waals surface area (Å²) in [6, 6.07) is 15.2. The lowest BCUT2D eigenvalue weighted by Crippen LogP contribution is -2.22. The molecule has 0 spiro atoms. The van der Waals surface area contributed by atoms with Gasteiger partial charge in [-0.15, -0.1) is 0 Å². The van der Waals surface area contributed by atoms with E-state index >= 15 is 0 Å². The number of nitro groups is 1. The summed E-state index contributed by atoms with van der Waals surface area (Å²) < 4.78 is 17.2. The smallest absolute Gasteiger partial charge is 0.291 e. The predicted octanol–water partition coefficient (Wildman–Crippen LogP) is 4.43. The second-order valence-corrected chi connectivity index (χ2v) is 7.30. The molecule has 4 rings (SSSR count). The van der Waals surface area contributed by atoms with Gasteiger partial charge in [-0.3, -0.25) is 10.1 Å². The Bertz CT molecular complexity index is 1040. The van der Waals surface area contributed by atoms with Crippen molar-refractivity contribution in [1.29, 1.82) is 0 Å². The normalized spacial score (nSPS) is 18.1. The summed E-state index contributed by atoms with van der Waals surface area (Å²) in [5.41, 5.74) is 2.08. The first kappa shape index (κ1) is 19.3. The van der Waals surface area contributed by atoms with E-state index in [4.69, 9.17) is 14.2 Å². The Balaban J connectivity index is 1.62. The minimum absolute atomic E-state index is 0.0660. The average Bonchev–Trinajstić information content (AvgIpc) is 3.05. The Kier molecular flexibility index (Phi) is 5.17. The first-order valence-electron chi connectivity index (χ1n) is 9.32. The molecule has 29 heavy (non-hydrogen) atoms. The lowest BCUT2D eigenvalue weighted by Gasteiger charge is -2.17. The minimum Gasteiger partial charge on any atom is -0.489 e. The van der Waals surface area contributed by atoms with Gasteiger partial charge in [0.15, 0.2) is 5.79 Å². The number of hydrogen-bond acceptors (Lipinski definition) is 6. The van der Waals surface area contributed by atoms with Gasteiger partial charge < -0.3 is 14.2 Å².